The van der Waals surface area contributed by atoms with Gasteiger partial charge in [-0.05, 0) is 26.7 Å². The van der Waals surface area contributed by atoms with Crippen LogP contribution in [-0.2, 0) is 9.53 Å². The number of rotatable bonds is 3. The van der Waals surface area contributed by atoms with E-state index in [2.05, 4.69) is 15.4 Å². The second-order valence-electron chi connectivity index (χ2n) is 4.58. The van der Waals surface area contributed by atoms with Crippen LogP contribution in [0.3, 0.4) is 0 Å². The molecule has 0 bridgehead atoms. The third-order valence-electron chi connectivity index (χ3n) is 3.33. The van der Waals surface area contributed by atoms with Gasteiger partial charge >= 0.3 is 5.97 Å². The Morgan fingerprint density at radius 1 is 1.37 bits per heavy atom. The number of piperidine rings is 1. The number of carbonyl (C=O) groups excluding carboxylic acids is 2. The molecule has 1 saturated heterocycles. The minimum atomic E-state index is -0.160. The summed E-state index contributed by atoms with van der Waals surface area (Å²) in [4.78, 5) is 25.5. The van der Waals surface area contributed by atoms with Crippen LogP contribution < -0.4 is 0 Å². The number of aromatic amines is 1. The van der Waals surface area contributed by atoms with Gasteiger partial charge < -0.3 is 9.64 Å². The lowest BCUT2D eigenvalue weighted by atomic mass is 9.97. The van der Waals surface area contributed by atoms with Gasteiger partial charge in [0.1, 0.15) is 0 Å². The van der Waals surface area contributed by atoms with Gasteiger partial charge in [-0.1, -0.05) is 0 Å². The summed E-state index contributed by atoms with van der Waals surface area (Å²) in [5, 5.41) is 10.1. The van der Waals surface area contributed by atoms with Crippen molar-refractivity contribution in [2.75, 3.05) is 19.7 Å². The standard InChI is InChI=1S/C12H18N4O3/c1-3-19-12(18)9-4-6-16(7-5-9)11(17)10-8(2)13-15-14-10/h9H,3-7H2,1-2H3,(H,13,14,15). The minimum absolute atomic E-state index is 0.0950. The maximum Gasteiger partial charge on any atom is 0.309 e. The average Bonchev–Trinajstić information content (AvgIpc) is 2.84. The molecule has 0 spiro atoms. The van der Waals surface area contributed by atoms with Gasteiger partial charge in [0.2, 0.25) is 0 Å². The van der Waals surface area contributed by atoms with Gasteiger partial charge in [0.25, 0.3) is 5.91 Å². The van der Waals surface area contributed by atoms with E-state index in [0.29, 0.717) is 43.9 Å². The van der Waals surface area contributed by atoms with Crippen LogP contribution in [0.15, 0.2) is 0 Å². The fourth-order valence-electron chi connectivity index (χ4n) is 2.21. The number of hydrogen-bond acceptors (Lipinski definition) is 5. The minimum Gasteiger partial charge on any atom is -0.466 e. The number of H-pyrrole nitrogens is 1. The Labute approximate surface area is 111 Å². The van der Waals surface area contributed by atoms with Crippen molar-refractivity contribution < 1.29 is 14.3 Å². The van der Waals surface area contributed by atoms with Crippen molar-refractivity contribution in [2.24, 2.45) is 5.92 Å². The summed E-state index contributed by atoms with van der Waals surface area (Å²) in [6.45, 7) is 5.03. The van der Waals surface area contributed by atoms with Crippen LogP contribution in [-0.4, -0.2) is 51.9 Å². The van der Waals surface area contributed by atoms with Gasteiger partial charge in [-0.25, -0.2) is 0 Å². The van der Waals surface area contributed by atoms with Gasteiger partial charge in [-0.3, -0.25) is 9.59 Å². The highest BCUT2D eigenvalue weighted by molar-refractivity contribution is 5.93. The lowest BCUT2D eigenvalue weighted by molar-refractivity contribution is -0.149. The molecule has 1 aliphatic rings. The van der Waals surface area contributed by atoms with Crippen molar-refractivity contribution in [3.63, 3.8) is 0 Å². The molecule has 2 rings (SSSR count). The first-order valence-corrected chi connectivity index (χ1v) is 6.46. The molecule has 1 amide bonds. The number of esters is 1. The summed E-state index contributed by atoms with van der Waals surface area (Å²) in [6.07, 6.45) is 1.28. The maximum atomic E-state index is 12.2. The van der Waals surface area contributed by atoms with Crippen molar-refractivity contribution in [3.8, 4) is 0 Å². The Balaban J connectivity index is 1.92. The summed E-state index contributed by atoms with van der Waals surface area (Å²) in [5.41, 5.74) is 0.951. The van der Waals surface area contributed by atoms with Crippen LogP contribution >= 0.6 is 0 Å². The fourth-order valence-corrected chi connectivity index (χ4v) is 2.21. The number of likely N-dealkylation sites (tertiary alicyclic amines) is 1. The predicted octanol–water partition coefficient (Wildman–Crippen LogP) is 0.528. The van der Waals surface area contributed by atoms with Crippen LogP contribution in [0.5, 0.6) is 0 Å². The molecule has 7 heteroatoms. The highest BCUT2D eigenvalue weighted by Gasteiger charge is 2.30. The predicted molar refractivity (Wildman–Crippen MR) is 66.4 cm³/mol. The monoisotopic (exact) mass is 266 g/mol. The Morgan fingerprint density at radius 2 is 2.05 bits per heavy atom. The first-order chi connectivity index (χ1) is 9.13. The molecule has 0 aliphatic carbocycles. The van der Waals surface area contributed by atoms with E-state index in [0.717, 1.165) is 0 Å². The van der Waals surface area contributed by atoms with Crippen molar-refractivity contribution in [3.05, 3.63) is 11.4 Å². The topological polar surface area (TPSA) is 88.2 Å². The Kier molecular flexibility index (Phi) is 4.13. The smallest absolute Gasteiger partial charge is 0.309 e. The van der Waals surface area contributed by atoms with E-state index in [1.54, 1.807) is 18.7 Å². The third kappa shape index (κ3) is 2.91. The maximum absolute atomic E-state index is 12.2. The van der Waals surface area contributed by atoms with Gasteiger partial charge in [-0.2, -0.15) is 15.4 Å². The van der Waals surface area contributed by atoms with Gasteiger partial charge in [0, 0.05) is 13.1 Å². The lowest BCUT2D eigenvalue weighted by Gasteiger charge is -2.30. The van der Waals surface area contributed by atoms with E-state index in [1.807, 2.05) is 0 Å². The highest BCUT2D eigenvalue weighted by Crippen LogP contribution is 2.20. The Morgan fingerprint density at radius 3 is 2.58 bits per heavy atom. The summed E-state index contributed by atoms with van der Waals surface area (Å²) in [7, 11) is 0. The molecule has 0 radical (unpaired) electrons. The van der Waals surface area contributed by atoms with E-state index >= 15 is 0 Å². The van der Waals surface area contributed by atoms with E-state index in [9.17, 15) is 9.59 Å². The molecule has 0 aromatic carbocycles. The molecule has 1 aliphatic heterocycles. The van der Waals surface area contributed by atoms with Crippen LogP contribution in [0.2, 0.25) is 0 Å². The zero-order valence-electron chi connectivity index (χ0n) is 11.2. The molecule has 19 heavy (non-hydrogen) atoms. The first kappa shape index (κ1) is 13.5. The lowest BCUT2D eigenvalue weighted by Crippen LogP contribution is -2.41. The number of aryl methyl sites for hydroxylation is 1. The molecule has 104 valence electrons. The van der Waals surface area contributed by atoms with E-state index in [1.165, 1.54) is 0 Å². The summed E-state index contributed by atoms with van der Waals surface area (Å²) in [6, 6.07) is 0. The number of nitrogens with zero attached hydrogens (tertiary/aromatic N) is 3. The molecule has 1 aromatic rings. The number of ether oxygens (including phenoxy) is 1. The highest BCUT2D eigenvalue weighted by atomic mass is 16.5. The van der Waals surface area contributed by atoms with Crippen LogP contribution in [0, 0.1) is 12.8 Å². The number of amides is 1. The molecule has 1 aromatic heterocycles. The normalized spacial score (nSPS) is 16.4. The number of carbonyl (C=O) groups is 2. The third-order valence-corrected chi connectivity index (χ3v) is 3.33. The second-order valence-corrected chi connectivity index (χ2v) is 4.58. The zero-order chi connectivity index (χ0) is 13.8. The largest absolute Gasteiger partial charge is 0.466 e. The van der Waals surface area contributed by atoms with Gasteiger partial charge in [0.05, 0.1) is 18.2 Å². The van der Waals surface area contributed by atoms with Crippen molar-refractivity contribution >= 4 is 11.9 Å². The van der Waals surface area contributed by atoms with Crippen LogP contribution in [0.1, 0.15) is 35.9 Å². The van der Waals surface area contributed by atoms with E-state index < -0.39 is 0 Å². The quantitative estimate of drug-likeness (QED) is 0.806. The molecule has 1 fully saturated rings. The molecular formula is C12H18N4O3. The van der Waals surface area contributed by atoms with Crippen LogP contribution in [0.4, 0.5) is 0 Å². The Hall–Kier alpha value is -1.92. The molecule has 0 saturated carbocycles. The second kappa shape index (κ2) is 5.81. The van der Waals surface area contributed by atoms with Crippen molar-refractivity contribution in [1.82, 2.24) is 20.3 Å². The summed E-state index contributed by atoms with van der Waals surface area (Å²) >= 11 is 0. The SMILES string of the molecule is CCOC(=O)C1CCN(C(=O)c2n[nH]nc2C)CC1. The van der Waals surface area contributed by atoms with Crippen LogP contribution in [0.25, 0.3) is 0 Å². The fraction of sp³-hybridized carbons (Fsp3) is 0.667. The molecule has 0 atom stereocenters. The van der Waals surface area contributed by atoms with Crippen molar-refractivity contribution in [2.45, 2.75) is 26.7 Å². The average molecular weight is 266 g/mol. The first-order valence-electron chi connectivity index (χ1n) is 6.46. The summed E-state index contributed by atoms with van der Waals surface area (Å²) in [5.74, 6) is -0.386. The van der Waals surface area contributed by atoms with Gasteiger partial charge in [0.15, 0.2) is 5.69 Å². The molecule has 2 heterocycles. The van der Waals surface area contributed by atoms with Crippen molar-refractivity contribution in [1.29, 1.82) is 0 Å². The number of nitrogens with one attached hydrogen (secondary N) is 1. The molecule has 0 unspecified atom stereocenters. The molecular weight excluding hydrogens is 248 g/mol. The molecule has 7 nitrogen and oxygen atoms in total. The molecule has 1 N–H and O–H groups in total. The number of aromatic nitrogens is 3. The summed E-state index contributed by atoms with van der Waals surface area (Å²) < 4.78 is 5.00. The van der Waals surface area contributed by atoms with E-state index in [-0.39, 0.29) is 17.8 Å². The van der Waals surface area contributed by atoms with Gasteiger partial charge in [-0.15, -0.1) is 0 Å². The Bertz CT molecular complexity index is 463. The zero-order valence-corrected chi connectivity index (χ0v) is 11.2. The number of hydrogen-bond donors (Lipinski definition) is 1. The van der Waals surface area contributed by atoms with E-state index in [4.69, 9.17) is 4.74 Å².